The Bertz CT molecular complexity index is 440. The van der Waals surface area contributed by atoms with Crippen molar-refractivity contribution in [1.29, 1.82) is 0 Å². The predicted octanol–water partition coefficient (Wildman–Crippen LogP) is 1.58. The number of amides is 1. The molecule has 0 radical (unpaired) electrons. The van der Waals surface area contributed by atoms with Gasteiger partial charge in [0, 0.05) is 6.54 Å². The van der Waals surface area contributed by atoms with E-state index in [9.17, 15) is 4.79 Å². The SMILES string of the molecule is CCCC(N)C(=O)NCc1ccc2c(c1)OCO2.Cl. The molecule has 0 saturated heterocycles. The molecule has 0 fully saturated rings. The number of hydrogen-bond acceptors (Lipinski definition) is 4. The minimum absolute atomic E-state index is 0. The summed E-state index contributed by atoms with van der Waals surface area (Å²) in [5.74, 6) is 1.35. The smallest absolute Gasteiger partial charge is 0.237 e. The number of benzene rings is 1. The normalized spacial score (nSPS) is 13.6. The number of halogens is 1. The van der Waals surface area contributed by atoms with Gasteiger partial charge in [-0.25, -0.2) is 0 Å². The van der Waals surface area contributed by atoms with Crippen molar-refractivity contribution in [3.8, 4) is 11.5 Å². The van der Waals surface area contributed by atoms with Gasteiger partial charge in [-0.3, -0.25) is 4.79 Å². The Morgan fingerprint density at radius 2 is 2.16 bits per heavy atom. The van der Waals surface area contributed by atoms with Crippen LogP contribution in [0.25, 0.3) is 0 Å². The highest BCUT2D eigenvalue weighted by Crippen LogP contribution is 2.32. The fourth-order valence-corrected chi connectivity index (χ4v) is 1.81. The van der Waals surface area contributed by atoms with Crippen LogP contribution in [-0.2, 0) is 11.3 Å². The van der Waals surface area contributed by atoms with Crippen LogP contribution in [0, 0.1) is 0 Å². The van der Waals surface area contributed by atoms with Gasteiger partial charge in [0.05, 0.1) is 6.04 Å². The van der Waals surface area contributed by atoms with Crippen LogP contribution in [0.1, 0.15) is 25.3 Å². The highest BCUT2D eigenvalue weighted by molar-refractivity contribution is 5.85. The summed E-state index contributed by atoms with van der Waals surface area (Å²) in [7, 11) is 0. The van der Waals surface area contributed by atoms with Gasteiger partial charge in [-0.05, 0) is 24.1 Å². The molecule has 106 valence electrons. The zero-order valence-electron chi connectivity index (χ0n) is 10.8. The third-order valence-electron chi connectivity index (χ3n) is 2.84. The van der Waals surface area contributed by atoms with Crippen LogP contribution in [0.3, 0.4) is 0 Å². The maximum Gasteiger partial charge on any atom is 0.237 e. The molecule has 6 heteroatoms. The minimum Gasteiger partial charge on any atom is -0.454 e. The number of nitrogens with two attached hydrogens (primary N) is 1. The summed E-state index contributed by atoms with van der Waals surface area (Å²) in [6, 6.07) is 5.19. The molecular formula is C13H19ClN2O3. The number of carbonyl (C=O) groups is 1. The molecular weight excluding hydrogens is 268 g/mol. The second-order valence-corrected chi connectivity index (χ2v) is 4.30. The maximum absolute atomic E-state index is 11.6. The Balaban J connectivity index is 0.00000180. The first-order valence-electron chi connectivity index (χ1n) is 6.12. The van der Waals surface area contributed by atoms with E-state index in [-0.39, 0.29) is 25.1 Å². The number of fused-ring (bicyclic) bond motifs is 1. The number of carbonyl (C=O) groups excluding carboxylic acids is 1. The quantitative estimate of drug-likeness (QED) is 0.862. The van der Waals surface area contributed by atoms with Crippen molar-refractivity contribution in [3.05, 3.63) is 23.8 Å². The van der Waals surface area contributed by atoms with Crippen LogP contribution in [0.4, 0.5) is 0 Å². The van der Waals surface area contributed by atoms with E-state index in [2.05, 4.69) is 5.32 Å². The Hall–Kier alpha value is -1.46. The molecule has 1 aliphatic rings. The van der Waals surface area contributed by atoms with E-state index in [4.69, 9.17) is 15.2 Å². The lowest BCUT2D eigenvalue weighted by Gasteiger charge is -2.11. The van der Waals surface area contributed by atoms with Crippen LogP contribution in [0.5, 0.6) is 11.5 Å². The maximum atomic E-state index is 11.6. The fourth-order valence-electron chi connectivity index (χ4n) is 1.81. The van der Waals surface area contributed by atoms with Crippen molar-refractivity contribution in [1.82, 2.24) is 5.32 Å². The zero-order valence-corrected chi connectivity index (χ0v) is 11.7. The molecule has 1 aromatic rings. The Morgan fingerprint density at radius 3 is 2.89 bits per heavy atom. The first-order valence-corrected chi connectivity index (χ1v) is 6.12. The number of hydrogen-bond donors (Lipinski definition) is 2. The van der Waals surface area contributed by atoms with Gasteiger partial charge in [-0.15, -0.1) is 12.4 Å². The van der Waals surface area contributed by atoms with Crippen molar-refractivity contribution in [2.45, 2.75) is 32.4 Å². The van der Waals surface area contributed by atoms with Gasteiger partial charge in [0.2, 0.25) is 12.7 Å². The molecule has 0 aromatic heterocycles. The van der Waals surface area contributed by atoms with Crippen LogP contribution in [0.2, 0.25) is 0 Å². The van der Waals surface area contributed by atoms with Crippen LogP contribution in [-0.4, -0.2) is 18.7 Å². The first kappa shape index (κ1) is 15.6. The van der Waals surface area contributed by atoms with Gasteiger partial charge in [-0.2, -0.15) is 0 Å². The molecule has 1 heterocycles. The van der Waals surface area contributed by atoms with Crippen LogP contribution >= 0.6 is 12.4 Å². The molecule has 1 amide bonds. The molecule has 0 spiro atoms. The lowest BCUT2D eigenvalue weighted by molar-refractivity contribution is -0.122. The zero-order chi connectivity index (χ0) is 13.0. The molecule has 2 rings (SSSR count). The summed E-state index contributed by atoms with van der Waals surface area (Å²) in [4.78, 5) is 11.6. The van der Waals surface area contributed by atoms with E-state index < -0.39 is 6.04 Å². The molecule has 1 aliphatic heterocycles. The van der Waals surface area contributed by atoms with Crippen molar-refractivity contribution in [3.63, 3.8) is 0 Å². The minimum atomic E-state index is -0.427. The Kier molecular flexibility index (Phi) is 5.92. The number of nitrogens with one attached hydrogen (secondary N) is 1. The van der Waals surface area contributed by atoms with Crippen molar-refractivity contribution >= 4 is 18.3 Å². The molecule has 1 atom stereocenters. The van der Waals surface area contributed by atoms with E-state index in [1.54, 1.807) is 0 Å². The van der Waals surface area contributed by atoms with E-state index >= 15 is 0 Å². The summed E-state index contributed by atoms with van der Waals surface area (Å²) in [6.07, 6.45) is 1.60. The second kappa shape index (κ2) is 7.21. The lowest BCUT2D eigenvalue weighted by Crippen LogP contribution is -2.40. The molecule has 19 heavy (non-hydrogen) atoms. The molecule has 0 bridgehead atoms. The summed E-state index contributed by atoms with van der Waals surface area (Å²) in [5.41, 5.74) is 6.69. The summed E-state index contributed by atoms with van der Waals surface area (Å²) < 4.78 is 10.5. The number of ether oxygens (including phenoxy) is 2. The van der Waals surface area contributed by atoms with Gasteiger partial charge in [0.15, 0.2) is 11.5 Å². The van der Waals surface area contributed by atoms with Gasteiger partial charge in [-0.1, -0.05) is 19.4 Å². The highest BCUT2D eigenvalue weighted by atomic mass is 35.5. The molecule has 0 aliphatic carbocycles. The monoisotopic (exact) mass is 286 g/mol. The number of rotatable bonds is 5. The molecule has 5 nitrogen and oxygen atoms in total. The van der Waals surface area contributed by atoms with E-state index in [0.717, 1.165) is 23.5 Å². The average Bonchev–Trinajstić information content (AvgIpc) is 2.83. The average molecular weight is 287 g/mol. The first-order chi connectivity index (χ1) is 8.70. The topological polar surface area (TPSA) is 73.6 Å². The van der Waals surface area contributed by atoms with Crippen LogP contribution < -0.4 is 20.5 Å². The highest BCUT2D eigenvalue weighted by Gasteiger charge is 2.15. The molecule has 1 aromatic carbocycles. The Morgan fingerprint density at radius 1 is 1.42 bits per heavy atom. The van der Waals surface area contributed by atoms with Gasteiger partial charge in [0.25, 0.3) is 0 Å². The Labute approximate surface area is 118 Å². The lowest BCUT2D eigenvalue weighted by atomic mass is 10.1. The summed E-state index contributed by atoms with van der Waals surface area (Å²) in [5, 5.41) is 2.81. The predicted molar refractivity (Wildman–Crippen MR) is 74.5 cm³/mol. The van der Waals surface area contributed by atoms with Gasteiger partial charge >= 0.3 is 0 Å². The summed E-state index contributed by atoms with van der Waals surface area (Å²) >= 11 is 0. The molecule has 3 N–H and O–H groups in total. The third kappa shape index (κ3) is 4.01. The third-order valence-corrected chi connectivity index (χ3v) is 2.84. The second-order valence-electron chi connectivity index (χ2n) is 4.30. The van der Waals surface area contributed by atoms with Gasteiger partial charge < -0.3 is 20.5 Å². The van der Waals surface area contributed by atoms with Crippen molar-refractivity contribution in [2.24, 2.45) is 5.73 Å². The van der Waals surface area contributed by atoms with Crippen molar-refractivity contribution in [2.75, 3.05) is 6.79 Å². The van der Waals surface area contributed by atoms with E-state index in [1.807, 2.05) is 25.1 Å². The molecule has 1 unspecified atom stereocenters. The van der Waals surface area contributed by atoms with E-state index in [1.165, 1.54) is 0 Å². The standard InChI is InChI=1S/C13H18N2O3.ClH/c1-2-3-10(14)13(16)15-7-9-4-5-11-12(6-9)18-8-17-11;/h4-6,10H,2-3,7-8,14H2,1H3,(H,15,16);1H. The van der Waals surface area contributed by atoms with Crippen molar-refractivity contribution < 1.29 is 14.3 Å². The van der Waals surface area contributed by atoms with Gasteiger partial charge in [0.1, 0.15) is 0 Å². The summed E-state index contributed by atoms with van der Waals surface area (Å²) in [6.45, 7) is 2.71. The van der Waals surface area contributed by atoms with E-state index in [0.29, 0.717) is 13.0 Å². The largest absolute Gasteiger partial charge is 0.454 e. The van der Waals surface area contributed by atoms with Crippen LogP contribution in [0.15, 0.2) is 18.2 Å². The fraction of sp³-hybridized carbons (Fsp3) is 0.462. The molecule has 0 saturated carbocycles.